The van der Waals surface area contributed by atoms with Crippen LogP contribution in [0, 0.1) is 0 Å². The molecule has 0 aliphatic rings. The van der Waals surface area contributed by atoms with Crippen molar-refractivity contribution >= 4 is 58.4 Å². The predicted molar refractivity (Wildman–Crippen MR) is 148 cm³/mol. The minimum absolute atomic E-state index is 0.0169. The molecule has 1 heterocycles. The van der Waals surface area contributed by atoms with Crippen molar-refractivity contribution in [1.82, 2.24) is 14.9 Å². The molecular weight excluding hydrogens is 586 g/mol. The number of carbonyl (C=O) groups excluding carboxylic acids is 3. The molecule has 0 spiro atoms. The van der Waals surface area contributed by atoms with Crippen molar-refractivity contribution in [3.8, 4) is 0 Å². The second kappa shape index (κ2) is 12.7. The van der Waals surface area contributed by atoms with Gasteiger partial charge in [-0.1, -0.05) is 35.9 Å². The van der Waals surface area contributed by atoms with Crippen molar-refractivity contribution in [3.05, 3.63) is 76.2 Å². The Hall–Kier alpha value is -3.90. The third kappa shape index (κ3) is 8.79. The summed E-state index contributed by atoms with van der Waals surface area (Å²) in [5.74, 6) is -2.55. The highest BCUT2D eigenvalue weighted by molar-refractivity contribution is 6.33. The number of benzene rings is 2. The molecule has 3 rings (SSSR count). The van der Waals surface area contributed by atoms with E-state index in [1.165, 1.54) is 19.2 Å². The first kappa shape index (κ1) is 31.6. The fourth-order valence-corrected chi connectivity index (χ4v) is 4.05. The van der Waals surface area contributed by atoms with Crippen molar-refractivity contribution in [2.24, 2.45) is 0 Å². The Bertz CT molecular complexity index is 1450. The fraction of sp³-hybridized carbons (Fsp3) is 0.296. The van der Waals surface area contributed by atoms with E-state index in [2.05, 4.69) is 20.0 Å². The predicted octanol–water partition coefficient (Wildman–Crippen LogP) is 6.91. The van der Waals surface area contributed by atoms with E-state index < -0.39 is 23.8 Å². The molecule has 0 bridgehead atoms. The number of rotatable bonds is 7. The molecule has 0 atom stereocenters. The van der Waals surface area contributed by atoms with Crippen LogP contribution in [0.5, 0.6) is 0 Å². The maximum Gasteiger partial charge on any atom is 0.491 e. The molecule has 0 aliphatic heterocycles. The van der Waals surface area contributed by atoms with Gasteiger partial charge in [-0.15, -0.1) is 0 Å². The molecule has 14 heteroatoms. The maximum absolute atomic E-state index is 12.7. The van der Waals surface area contributed by atoms with Gasteiger partial charge in [0.1, 0.15) is 5.02 Å². The third-order valence-electron chi connectivity index (χ3n) is 5.53. The number of carbonyl (C=O) groups is 3. The summed E-state index contributed by atoms with van der Waals surface area (Å²) in [6, 6.07) is 13.5. The quantitative estimate of drug-likeness (QED) is 0.176. The second-order valence-corrected chi connectivity index (χ2v) is 10.6. The first-order valence-corrected chi connectivity index (χ1v) is 12.8. The van der Waals surface area contributed by atoms with Crippen LogP contribution in [0.4, 0.5) is 35.2 Å². The van der Waals surface area contributed by atoms with Crippen molar-refractivity contribution in [2.45, 2.75) is 52.5 Å². The highest BCUT2D eigenvalue weighted by atomic mass is 35.5. The molecule has 218 valence electrons. The molecule has 0 fully saturated rings. The Morgan fingerprint density at radius 3 is 2.17 bits per heavy atom. The van der Waals surface area contributed by atoms with Gasteiger partial charge in [-0.25, -0.2) is 14.6 Å². The second-order valence-electron chi connectivity index (χ2n) is 9.87. The van der Waals surface area contributed by atoms with Gasteiger partial charge in [0.25, 0.3) is 0 Å². The van der Waals surface area contributed by atoms with Gasteiger partial charge in [0.15, 0.2) is 5.82 Å². The summed E-state index contributed by atoms with van der Waals surface area (Å²) in [5.41, 5.74) is 1.12. The molecule has 2 amide bonds. The van der Waals surface area contributed by atoms with E-state index in [0.717, 1.165) is 10.5 Å². The van der Waals surface area contributed by atoms with Crippen LogP contribution in [0.3, 0.4) is 0 Å². The lowest BCUT2D eigenvalue weighted by Gasteiger charge is -2.34. The van der Waals surface area contributed by atoms with Gasteiger partial charge in [0, 0.05) is 36.9 Å². The molecule has 1 aromatic heterocycles. The molecular formula is C27H26Cl2F3N5O4. The lowest BCUT2D eigenvalue weighted by atomic mass is 10.0. The minimum atomic E-state index is -5.33. The summed E-state index contributed by atoms with van der Waals surface area (Å²) < 4.78 is 42.2. The zero-order chi connectivity index (χ0) is 30.5. The van der Waals surface area contributed by atoms with Crippen LogP contribution in [0.15, 0.2) is 54.7 Å². The summed E-state index contributed by atoms with van der Waals surface area (Å²) in [7, 11) is 0. The molecule has 0 saturated carbocycles. The number of hydrogen-bond acceptors (Lipinski definition) is 7. The fourth-order valence-electron chi connectivity index (χ4n) is 3.78. The van der Waals surface area contributed by atoms with E-state index in [-0.39, 0.29) is 35.0 Å². The number of halogens is 5. The van der Waals surface area contributed by atoms with Crippen molar-refractivity contribution in [1.29, 1.82) is 0 Å². The number of aromatic nitrogens is 2. The molecule has 0 aliphatic carbocycles. The van der Waals surface area contributed by atoms with Crippen LogP contribution in [0.2, 0.25) is 10.3 Å². The standard InChI is InChI=1S/C27H26Cl2F3N5O4/c1-16(38)36(14-17-7-5-9-19(11-17)34-22-21(28)13-33-24(29)35-22)15-18-8-6-10-20(12-18)37(26(2,3)4)25(40)41-23(39)27(30,31)32/h5-13H,14-15H2,1-4H3,(H,33,34,35). The van der Waals surface area contributed by atoms with Gasteiger partial charge >= 0.3 is 18.2 Å². The average Bonchev–Trinajstić information content (AvgIpc) is 2.85. The van der Waals surface area contributed by atoms with Crippen molar-refractivity contribution in [3.63, 3.8) is 0 Å². The highest BCUT2D eigenvalue weighted by Gasteiger charge is 2.44. The molecule has 3 aromatic rings. The van der Waals surface area contributed by atoms with Crippen LogP contribution in [-0.4, -0.2) is 44.6 Å². The average molecular weight is 612 g/mol. The van der Waals surface area contributed by atoms with E-state index in [4.69, 9.17) is 23.2 Å². The summed E-state index contributed by atoms with van der Waals surface area (Å²) >= 11 is 12.0. The smallest absolute Gasteiger partial charge is 0.369 e. The Labute approximate surface area is 244 Å². The van der Waals surface area contributed by atoms with Crippen LogP contribution in [-0.2, 0) is 27.4 Å². The molecule has 9 nitrogen and oxygen atoms in total. The number of nitrogens with one attached hydrogen (secondary N) is 1. The zero-order valence-electron chi connectivity index (χ0n) is 22.4. The molecule has 0 unspecified atom stereocenters. The maximum atomic E-state index is 12.7. The third-order valence-corrected chi connectivity index (χ3v) is 5.99. The molecule has 0 radical (unpaired) electrons. The van der Waals surface area contributed by atoms with Gasteiger partial charge in [0.05, 0.1) is 6.20 Å². The molecule has 41 heavy (non-hydrogen) atoms. The summed E-state index contributed by atoms with van der Waals surface area (Å²) in [4.78, 5) is 46.8. The van der Waals surface area contributed by atoms with E-state index >= 15 is 0 Å². The Kier molecular flexibility index (Phi) is 9.82. The lowest BCUT2D eigenvalue weighted by Crippen LogP contribution is -2.48. The Balaban J connectivity index is 1.82. The van der Waals surface area contributed by atoms with Gasteiger partial charge in [-0.05, 0) is 67.8 Å². The lowest BCUT2D eigenvalue weighted by molar-refractivity contribution is -0.192. The number of ether oxygens (including phenoxy) is 1. The summed E-state index contributed by atoms with van der Waals surface area (Å²) in [5, 5.41) is 3.34. The van der Waals surface area contributed by atoms with Gasteiger partial charge in [0.2, 0.25) is 11.2 Å². The summed E-state index contributed by atoms with van der Waals surface area (Å²) in [6.45, 7) is 6.44. The first-order chi connectivity index (χ1) is 19.0. The molecule has 2 aromatic carbocycles. The summed E-state index contributed by atoms with van der Waals surface area (Å²) in [6.07, 6.45) is -5.44. The number of nitrogens with zero attached hydrogens (tertiary/aromatic N) is 4. The monoisotopic (exact) mass is 611 g/mol. The van der Waals surface area contributed by atoms with Crippen molar-refractivity contribution < 1.29 is 32.3 Å². The van der Waals surface area contributed by atoms with E-state index in [1.807, 2.05) is 6.07 Å². The Morgan fingerprint density at radius 2 is 1.59 bits per heavy atom. The zero-order valence-corrected chi connectivity index (χ0v) is 23.9. The highest BCUT2D eigenvalue weighted by Crippen LogP contribution is 2.28. The molecule has 1 N–H and O–H groups in total. The van der Waals surface area contributed by atoms with Crippen LogP contribution in [0.25, 0.3) is 0 Å². The minimum Gasteiger partial charge on any atom is -0.369 e. The van der Waals surface area contributed by atoms with Gasteiger partial charge in [-0.3, -0.25) is 9.69 Å². The van der Waals surface area contributed by atoms with E-state index in [9.17, 15) is 27.6 Å². The SMILES string of the molecule is CC(=O)N(Cc1cccc(Nc2nc(Cl)ncc2Cl)c1)Cc1cccc(N(C(=O)OC(=O)C(F)(F)F)C(C)(C)C)c1. The van der Waals surface area contributed by atoms with E-state index in [1.54, 1.807) is 62.1 Å². The van der Waals surface area contributed by atoms with Crippen LogP contribution >= 0.6 is 23.2 Å². The van der Waals surface area contributed by atoms with Crippen LogP contribution < -0.4 is 10.2 Å². The topological polar surface area (TPSA) is 105 Å². The van der Waals surface area contributed by atoms with Crippen LogP contribution in [0.1, 0.15) is 38.8 Å². The Morgan fingerprint density at radius 1 is 0.976 bits per heavy atom. The number of amides is 2. The van der Waals surface area contributed by atoms with E-state index in [0.29, 0.717) is 17.1 Å². The van der Waals surface area contributed by atoms with Crippen molar-refractivity contribution in [2.75, 3.05) is 10.2 Å². The van der Waals surface area contributed by atoms with Gasteiger partial charge < -0.3 is 15.0 Å². The molecule has 0 saturated heterocycles. The number of anilines is 3. The van der Waals surface area contributed by atoms with Gasteiger partial charge in [-0.2, -0.15) is 18.2 Å². The largest absolute Gasteiger partial charge is 0.491 e. The first-order valence-electron chi connectivity index (χ1n) is 12.1. The number of esters is 1. The normalized spacial score (nSPS) is 11.5. The number of alkyl halides is 3. The number of hydrogen-bond donors (Lipinski definition) is 1.